The first-order valence-corrected chi connectivity index (χ1v) is 9.49. The summed E-state index contributed by atoms with van der Waals surface area (Å²) in [5, 5.41) is 0. The van der Waals surface area contributed by atoms with E-state index >= 15 is 0 Å². The predicted molar refractivity (Wildman–Crippen MR) is 95.5 cm³/mol. The Labute approximate surface area is 148 Å². The molecule has 1 amide bonds. The predicted octanol–water partition coefficient (Wildman–Crippen LogP) is 2.59. The average Bonchev–Trinajstić information content (AvgIpc) is 2.61. The number of nitrogens with one attached hydrogen (secondary N) is 2. The summed E-state index contributed by atoms with van der Waals surface area (Å²) in [6.45, 7) is 4.26. The maximum Gasteiger partial charge on any atom is 0.257 e. The quantitative estimate of drug-likeness (QED) is 0.707. The Balaban J connectivity index is 1.91. The smallest absolute Gasteiger partial charge is 0.257 e. The molecule has 0 unspecified atom stereocenters. The van der Waals surface area contributed by atoms with Crippen LogP contribution in [0.15, 0.2) is 59.5 Å². The number of carbonyl (C=O) groups is 1. The summed E-state index contributed by atoms with van der Waals surface area (Å²) in [5.74, 6) is 0.171. The van der Waals surface area contributed by atoms with Crippen LogP contribution in [0, 0.1) is 0 Å². The fourth-order valence-electron chi connectivity index (χ4n) is 2.29. The monoisotopic (exact) mass is 362 g/mol. The van der Waals surface area contributed by atoms with Gasteiger partial charge in [0.15, 0.2) is 0 Å². The van der Waals surface area contributed by atoms with Gasteiger partial charge in [-0.05, 0) is 42.7 Å². The summed E-state index contributed by atoms with van der Waals surface area (Å²) < 4.78 is 29.7. The van der Waals surface area contributed by atoms with Crippen molar-refractivity contribution in [2.45, 2.75) is 31.1 Å². The highest BCUT2D eigenvalue weighted by atomic mass is 32.2. The van der Waals surface area contributed by atoms with Crippen LogP contribution in [0.4, 0.5) is 0 Å². The van der Waals surface area contributed by atoms with Crippen LogP contribution in [0.5, 0.6) is 5.75 Å². The second-order valence-corrected chi connectivity index (χ2v) is 7.26. The molecule has 0 bridgehead atoms. The van der Waals surface area contributed by atoms with Crippen molar-refractivity contribution in [1.29, 1.82) is 0 Å². The Morgan fingerprint density at radius 3 is 2.32 bits per heavy atom. The van der Waals surface area contributed by atoms with Gasteiger partial charge in [0.2, 0.25) is 5.91 Å². The largest absolute Gasteiger partial charge is 0.494 e. The molecule has 0 aliphatic rings. The van der Waals surface area contributed by atoms with E-state index < -0.39 is 15.9 Å². The molecule has 134 valence electrons. The van der Waals surface area contributed by atoms with Gasteiger partial charge in [0, 0.05) is 6.42 Å². The number of ether oxygens (including phenoxy) is 1. The van der Waals surface area contributed by atoms with Gasteiger partial charge in [0.1, 0.15) is 5.75 Å². The third kappa shape index (κ3) is 5.58. The fraction of sp³-hybridized carbons (Fsp3) is 0.278. The Bertz CT molecular complexity index is 790. The Hall–Kier alpha value is -2.38. The number of hydrogen-bond donors (Lipinski definition) is 2. The lowest BCUT2D eigenvalue weighted by molar-refractivity contribution is -0.121. The van der Waals surface area contributed by atoms with Gasteiger partial charge in [-0.25, -0.2) is 8.42 Å². The molecule has 7 heteroatoms. The molecule has 0 aromatic heterocycles. The maximum atomic E-state index is 12.2. The van der Waals surface area contributed by atoms with E-state index in [1.54, 1.807) is 12.1 Å². The van der Waals surface area contributed by atoms with Gasteiger partial charge in [0.05, 0.1) is 11.5 Å². The van der Waals surface area contributed by atoms with Crippen molar-refractivity contribution in [2.24, 2.45) is 0 Å². The number of rotatable bonds is 8. The summed E-state index contributed by atoms with van der Waals surface area (Å²) in [4.78, 5) is 14.1. The Kier molecular flexibility index (Phi) is 6.55. The highest BCUT2D eigenvalue weighted by Gasteiger charge is 2.17. The maximum absolute atomic E-state index is 12.2. The lowest BCUT2D eigenvalue weighted by Gasteiger charge is -2.13. The normalized spacial score (nSPS) is 12.4. The summed E-state index contributed by atoms with van der Waals surface area (Å²) in [7, 11) is -3.82. The number of carbonyl (C=O) groups excluding carboxylic acids is 1. The molecule has 0 heterocycles. The zero-order valence-electron chi connectivity index (χ0n) is 14.2. The SMILES string of the molecule is CCOc1ccc(S(=O)(=O)NNC(=O)C[C@@H](C)c2ccccc2)cc1. The molecule has 0 saturated carbocycles. The molecule has 6 nitrogen and oxygen atoms in total. The first-order chi connectivity index (χ1) is 11.9. The molecule has 1 atom stereocenters. The second kappa shape index (κ2) is 8.64. The van der Waals surface area contributed by atoms with Crippen LogP contribution >= 0.6 is 0 Å². The Morgan fingerprint density at radius 1 is 1.08 bits per heavy atom. The summed E-state index contributed by atoms with van der Waals surface area (Å²) in [6, 6.07) is 15.6. The van der Waals surface area contributed by atoms with Crippen LogP contribution in [0.2, 0.25) is 0 Å². The number of benzene rings is 2. The van der Waals surface area contributed by atoms with E-state index in [4.69, 9.17) is 4.74 Å². The molecule has 0 radical (unpaired) electrons. The summed E-state index contributed by atoms with van der Waals surface area (Å²) in [6.07, 6.45) is 0.176. The van der Waals surface area contributed by atoms with E-state index in [0.717, 1.165) is 5.56 Å². The summed E-state index contributed by atoms with van der Waals surface area (Å²) >= 11 is 0. The highest BCUT2D eigenvalue weighted by molar-refractivity contribution is 7.89. The third-order valence-electron chi connectivity index (χ3n) is 3.63. The van der Waals surface area contributed by atoms with Gasteiger partial charge in [0.25, 0.3) is 10.0 Å². The lowest BCUT2D eigenvalue weighted by atomic mass is 9.98. The molecule has 2 aromatic carbocycles. The molecule has 0 fully saturated rings. The van der Waals surface area contributed by atoms with Crippen LogP contribution in [-0.4, -0.2) is 20.9 Å². The van der Waals surface area contributed by atoms with Crippen LogP contribution in [0.1, 0.15) is 31.7 Å². The van der Waals surface area contributed by atoms with E-state index in [1.165, 1.54) is 12.1 Å². The van der Waals surface area contributed by atoms with Gasteiger partial charge in [-0.3, -0.25) is 10.2 Å². The van der Waals surface area contributed by atoms with E-state index in [1.807, 2.05) is 44.2 Å². The number of hydrogen-bond acceptors (Lipinski definition) is 4. The minimum atomic E-state index is -3.82. The molecular weight excluding hydrogens is 340 g/mol. The standard InChI is InChI=1S/C18H22N2O4S/c1-3-24-16-9-11-17(12-10-16)25(22,23)20-19-18(21)13-14(2)15-7-5-4-6-8-15/h4-12,14,20H,3,13H2,1-2H3,(H,19,21)/t14-/m1/s1. The number of hydrazine groups is 1. The topological polar surface area (TPSA) is 84.5 Å². The molecule has 2 rings (SSSR count). The van der Waals surface area contributed by atoms with Crippen LogP contribution in [0.25, 0.3) is 0 Å². The fourth-order valence-corrected chi connectivity index (χ4v) is 3.15. The zero-order valence-corrected chi connectivity index (χ0v) is 15.0. The molecule has 0 spiro atoms. The summed E-state index contributed by atoms with van der Waals surface area (Å²) in [5.41, 5.74) is 3.27. The van der Waals surface area contributed by atoms with Crippen molar-refractivity contribution in [2.75, 3.05) is 6.61 Å². The first-order valence-electron chi connectivity index (χ1n) is 8.01. The Morgan fingerprint density at radius 2 is 1.72 bits per heavy atom. The van der Waals surface area contributed by atoms with Crippen LogP contribution in [-0.2, 0) is 14.8 Å². The van der Waals surface area contributed by atoms with Gasteiger partial charge >= 0.3 is 0 Å². The van der Waals surface area contributed by atoms with E-state index in [2.05, 4.69) is 10.3 Å². The molecular formula is C18H22N2O4S. The molecule has 2 N–H and O–H groups in total. The van der Waals surface area contributed by atoms with Gasteiger partial charge in [-0.2, -0.15) is 0 Å². The average molecular weight is 362 g/mol. The van der Waals surface area contributed by atoms with Crippen molar-refractivity contribution < 1.29 is 17.9 Å². The van der Waals surface area contributed by atoms with E-state index in [9.17, 15) is 13.2 Å². The molecule has 0 saturated heterocycles. The second-order valence-electron chi connectivity index (χ2n) is 5.57. The first kappa shape index (κ1) is 19.0. The van der Waals surface area contributed by atoms with Crippen LogP contribution < -0.4 is 15.0 Å². The van der Waals surface area contributed by atoms with Crippen molar-refractivity contribution in [3.63, 3.8) is 0 Å². The molecule has 0 aliphatic heterocycles. The minimum Gasteiger partial charge on any atom is -0.494 e. The minimum absolute atomic E-state index is 0.0174. The number of amides is 1. The zero-order chi connectivity index (χ0) is 18.3. The number of sulfonamides is 1. The van der Waals surface area contributed by atoms with Crippen molar-refractivity contribution in [1.82, 2.24) is 10.3 Å². The molecule has 25 heavy (non-hydrogen) atoms. The van der Waals surface area contributed by atoms with Gasteiger partial charge in [-0.1, -0.05) is 37.3 Å². The van der Waals surface area contributed by atoms with E-state index in [0.29, 0.717) is 12.4 Å². The molecule has 0 aliphatic carbocycles. The van der Waals surface area contributed by atoms with Crippen molar-refractivity contribution in [3.05, 3.63) is 60.2 Å². The van der Waals surface area contributed by atoms with Gasteiger partial charge in [-0.15, -0.1) is 4.83 Å². The van der Waals surface area contributed by atoms with Crippen LogP contribution in [0.3, 0.4) is 0 Å². The van der Waals surface area contributed by atoms with Crippen molar-refractivity contribution >= 4 is 15.9 Å². The third-order valence-corrected chi connectivity index (χ3v) is 4.89. The molecule has 2 aromatic rings. The van der Waals surface area contributed by atoms with Crippen molar-refractivity contribution in [3.8, 4) is 5.75 Å². The highest BCUT2D eigenvalue weighted by Crippen LogP contribution is 2.18. The van der Waals surface area contributed by atoms with Gasteiger partial charge < -0.3 is 4.74 Å². The van der Waals surface area contributed by atoms with E-state index in [-0.39, 0.29) is 17.2 Å². The lowest BCUT2D eigenvalue weighted by Crippen LogP contribution is -2.41.